The smallest absolute Gasteiger partial charge is 0.231 e. The van der Waals surface area contributed by atoms with E-state index in [9.17, 15) is 0 Å². The van der Waals surface area contributed by atoms with Gasteiger partial charge >= 0.3 is 0 Å². The van der Waals surface area contributed by atoms with Crippen molar-refractivity contribution in [3.8, 4) is 17.2 Å². The highest BCUT2D eigenvalue weighted by Gasteiger charge is 2.13. The minimum absolute atomic E-state index is 0.249. The number of hydrogen-bond acceptors (Lipinski definition) is 4. The Morgan fingerprint density at radius 1 is 1.32 bits per heavy atom. The van der Waals surface area contributed by atoms with E-state index in [1.165, 1.54) is 0 Å². The van der Waals surface area contributed by atoms with Crippen LogP contribution in [0.15, 0.2) is 29.8 Å². The third-order valence-corrected chi connectivity index (χ3v) is 2.67. The first-order chi connectivity index (χ1) is 9.15. The number of rotatable bonds is 6. The Morgan fingerprint density at radius 3 is 2.89 bits per heavy atom. The van der Waals surface area contributed by atoms with Crippen LogP contribution in [0.3, 0.4) is 0 Å². The van der Waals surface area contributed by atoms with Gasteiger partial charge in [0, 0.05) is 6.07 Å². The third-order valence-electron chi connectivity index (χ3n) is 2.67. The van der Waals surface area contributed by atoms with E-state index in [0.717, 1.165) is 22.8 Å². The summed E-state index contributed by atoms with van der Waals surface area (Å²) in [6.07, 6.45) is 2.28. The topological polar surface area (TPSA) is 36.9 Å². The fourth-order valence-electron chi connectivity index (χ4n) is 1.61. The summed E-state index contributed by atoms with van der Waals surface area (Å²) >= 11 is 0. The quantitative estimate of drug-likeness (QED) is 0.740. The first-order valence-electron chi connectivity index (χ1n) is 6.45. The zero-order valence-corrected chi connectivity index (χ0v) is 11.6. The van der Waals surface area contributed by atoms with E-state index in [0.29, 0.717) is 13.2 Å². The molecule has 0 radical (unpaired) electrons. The Bertz CT molecular complexity index is 451. The van der Waals surface area contributed by atoms with Crippen LogP contribution in [0.4, 0.5) is 0 Å². The molecule has 0 spiro atoms. The molecule has 0 bridgehead atoms. The van der Waals surface area contributed by atoms with E-state index in [4.69, 9.17) is 18.9 Å². The number of hydrogen-bond donors (Lipinski definition) is 0. The lowest BCUT2D eigenvalue weighted by atomic mass is 10.3. The van der Waals surface area contributed by atoms with Crippen LogP contribution in [0.2, 0.25) is 0 Å². The predicted molar refractivity (Wildman–Crippen MR) is 72.9 cm³/mol. The molecule has 0 aromatic heterocycles. The van der Waals surface area contributed by atoms with Gasteiger partial charge < -0.3 is 18.9 Å². The predicted octanol–water partition coefficient (Wildman–Crippen LogP) is 3.17. The molecule has 0 aliphatic carbocycles. The summed E-state index contributed by atoms with van der Waals surface area (Å²) in [5, 5.41) is 0. The average Bonchev–Trinajstić information content (AvgIpc) is 2.83. The van der Waals surface area contributed by atoms with Gasteiger partial charge in [-0.05, 0) is 38.5 Å². The van der Waals surface area contributed by atoms with Gasteiger partial charge in [0.1, 0.15) is 12.4 Å². The van der Waals surface area contributed by atoms with Gasteiger partial charge in [-0.3, -0.25) is 0 Å². The lowest BCUT2D eigenvalue weighted by Crippen LogP contribution is -2.04. The van der Waals surface area contributed by atoms with Crippen LogP contribution in [0.25, 0.3) is 0 Å². The zero-order valence-electron chi connectivity index (χ0n) is 11.6. The summed E-state index contributed by atoms with van der Waals surface area (Å²) in [6, 6.07) is 5.59. The van der Waals surface area contributed by atoms with Crippen LogP contribution in [0.1, 0.15) is 20.8 Å². The SMILES string of the molecule is C/C(=C\COC(C)C)COc1ccc2c(c1)OCO2. The van der Waals surface area contributed by atoms with E-state index in [-0.39, 0.29) is 12.9 Å². The molecule has 0 amide bonds. The summed E-state index contributed by atoms with van der Waals surface area (Å²) in [5.74, 6) is 2.29. The largest absolute Gasteiger partial charge is 0.489 e. The summed E-state index contributed by atoms with van der Waals surface area (Å²) < 4.78 is 21.7. The standard InChI is InChI=1S/C15H20O4/c1-11(2)16-7-6-12(3)9-17-13-4-5-14-15(8-13)19-10-18-14/h4-6,8,11H,7,9-10H2,1-3H3/b12-6+. The van der Waals surface area contributed by atoms with Crippen LogP contribution in [-0.4, -0.2) is 26.1 Å². The Hall–Kier alpha value is -1.68. The molecule has 1 aromatic rings. The summed E-state index contributed by atoms with van der Waals surface area (Å²) in [7, 11) is 0. The number of benzene rings is 1. The highest BCUT2D eigenvalue weighted by molar-refractivity contribution is 5.46. The molecular weight excluding hydrogens is 244 g/mol. The molecule has 1 aliphatic heterocycles. The lowest BCUT2D eigenvalue weighted by Gasteiger charge is -2.08. The van der Waals surface area contributed by atoms with Crippen LogP contribution in [-0.2, 0) is 4.74 Å². The van der Waals surface area contributed by atoms with E-state index in [1.807, 2.05) is 45.0 Å². The van der Waals surface area contributed by atoms with E-state index >= 15 is 0 Å². The Balaban J connectivity index is 1.81. The van der Waals surface area contributed by atoms with Gasteiger partial charge in [-0.2, -0.15) is 0 Å². The molecule has 2 rings (SSSR count). The summed E-state index contributed by atoms with van der Waals surface area (Å²) in [4.78, 5) is 0. The van der Waals surface area contributed by atoms with Crippen LogP contribution in [0, 0.1) is 0 Å². The Kier molecular flexibility index (Phi) is 4.68. The second-order valence-corrected chi connectivity index (χ2v) is 4.74. The minimum atomic E-state index is 0.249. The molecule has 4 heteroatoms. The van der Waals surface area contributed by atoms with Crippen LogP contribution in [0.5, 0.6) is 17.2 Å². The highest BCUT2D eigenvalue weighted by atomic mass is 16.7. The van der Waals surface area contributed by atoms with Gasteiger partial charge in [-0.25, -0.2) is 0 Å². The molecule has 0 fully saturated rings. The highest BCUT2D eigenvalue weighted by Crippen LogP contribution is 2.35. The van der Waals surface area contributed by atoms with E-state index in [1.54, 1.807) is 0 Å². The van der Waals surface area contributed by atoms with Crippen molar-refractivity contribution in [2.24, 2.45) is 0 Å². The molecule has 0 unspecified atom stereocenters. The second-order valence-electron chi connectivity index (χ2n) is 4.74. The summed E-state index contributed by atoms with van der Waals surface area (Å²) in [5.41, 5.74) is 1.14. The van der Waals surface area contributed by atoms with E-state index < -0.39 is 0 Å². The fourth-order valence-corrected chi connectivity index (χ4v) is 1.61. The number of ether oxygens (including phenoxy) is 4. The molecule has 0 atom stereocenters. The van der Waals surface area contributed by atoms with Crippen molar-refractivity contribution < 1.29 is 18.9 Å². The third kappa shape index (κ3) is 4.17. The maximum absolute atomic E-state index is 5.69. The molecule has 1 aliphatic rings. The van der Waals surface area contributed by atoms with Crippen molar-refractivity contribution in [1.29, 1.82) is 0 Å². The van der Waals surface area contributed by atoms with Crippen molar-refractivity contribution in [3.05, 3.63) is 29.8 Å². The number of fused-ring (bicyclic) bond motifs is 1. The monoisotopic (exact) mass is 264 g/mol. The molecule has 19 heavy (non-hydrogen) atoms. The molecule has 4 nitrogen and oxygen atoms in total. The van der Waals surface area contributed by atoms with Crippen LogP contribution < -0.4 is 14.2 Å². The minimum Gasteiger partial charge on any atom is -0.489 e. The lowest BCUT2D eigenvalue weighted by molar-refractivity contribution is 0.102. The second kappa shape index (κ2) is 6.48. The van der Waals surface area contributed by atoms with Gasteiger partial charge in [0.25, 0.3) is 0 Å². The molecule has 0 saturated heterocycles. The van der Waals surface area contributed by atoms with Crippen molar-refractivity contribution in [3.63, 3.8) is 0 Å². The molecular formula is C15H20O4. The summed E-state index contributed by atoms with van der Waals surface area (Å²) in [6.45, 7) is 7.51. The average molecular weight is 264 g/mol. The molecule has 0 saturated carbocycles. The first kappa shape index (κ1) is 13.7. The van der Waals surface area contributed by atoms with Crippen molar-refractivity contribution in [1.82, 2.24) is 0 Å². The van der Waals surface area contributed by atoms with Gasteiger partial charge in [-0.1, -0.05) is 6.08 Å². The van der Waals surface area contributed by atoms with Crippen molar-refractivity contribution >= 4 is 0 Å². The fraction of sp³-hybridized carbons (Fsp3) is 0.467. The molecule has 104 valence electrons. The van der Waals surface area contributed by atoms with Crippen molar-refractivity contribution in [2.45, 2.75) is 26.9 Å². The van der Waals surface area contributed by atoms with Crippen LogP contribution >= 0.6 is 0 Å². The molecule has 1 heterocycles. The Labute approximate surface area is 113 Å². The van der Waals surface area contributed by atoms with Gasteiger partial charge in [0.15, 0.2) is 11.5 Å². The molecule has 1 aromatic carbocycles. The zero-order chi connectivity index (χ0) is 13.7. The first-order valence-corrected chi connectivity index (χ1v) is 6.45. The maximum Gasteiger partial charge on any atom is 0.231 e. The van der Waals surface area contributed by atoms with E-state index in [2.05, 4.69) is 0 Å². The van der Waals surface area contributed by atoms with Gasteiger partial charge in [-0.15, -0.1) is 0 Å². The van der Waals surface area contributed by atoms with Gasteiger partial charge in [0.05, 0.1) is 12.7 Å². The maximum atomic E-state index is 5.69. The Morgan fingerprint density at radius 2 is 2.11 bits per heavy atom. The van der Waals surface area contributed by atoms with Gasteiger partial charge in [0.2, 0.25) is 6.79 Å². The molecule has 0 N–H and O–H groups in total. The normalized spacial score (nSPS) is 14.0. The van der Waals surface area contributed by atoms with Crippen molar-refractivity contribution in [2.75, 3.05) is 20.0 Å².